The summed E-state index contributed by atoms with van der Waals surface area (Å²) >= 11 is 0. The third kappa shape index (κ3) is 2.54. The second-order valence-corrected chi connectivity index (χ2v) is 4.00. The molecular weight excluding hydrogens is 162 g/mol. The van der Waals surface area contributed by atoms with Crippen LogP contribution in [0, 0.1) is 5.92 Å². The monoisotopic (exact) mass is 179 g/mol. The van der Waals surface area contributed by atoms with Crippen molar-refractivity contribution in [2.75, 3.05) is 0 Å². The molecule has 1 N–H and O–H groups in total. The topological polar surface area (TPSA) is 41.6 Å². The van der Waals surface area contributed by atoms with Gasteiger partial charge in [-0.15, -0.1) is 0 Å². The molecule has 3 nitrogen and oxygen atoms in total. The van der Waals surface area contributed by atoms with Crippen LogP contribution in [0.15, 0.2) is 6.20 Å². The fourth-order valence-corrected chi connectivity index (χ4v) is 2.17. The van der Waals surface area contributed by atoms with Gasteiger partial charge in [0.15, 0.2) is 0 Å². The fourth-order valence-electron chi connectivity index (χ4n) is 2.17. The molecule has 0 spiro atoms. The summed E-state index contributed by atoms with van der Waals surface area (Å²) in [7, 11) is 0. The Morgan fingerprint density at radius 3 is 2.85 bits per heavy atom. The van der Waals surface area contributed by atoms with Gasteiger partial charge in [-0.3, -0.25) is 0 Å². The molecule has 0 atom stereocenters. The molecule has 1 aromatic rings. The zero-order chi connectivity index (χ0) is 8.93. The highest BCUT2D eigenvalue weighted by Crippen LogP contribution is 2.26. The number of rotatable bonds is 3. The summed E-state index contributed by atoms with van der Waals surface area (Å²) in [5, 5.41) is 10.5. The van der Waals surface area contributed by atoms with Gasteiger partial charge < -0.3 is 0 Å². The highest BCUT2D eigenvalue weighted by Gasteiger charge is 2.13. The maximum Gasteiger partial charge on any atom is 0.0824 e. The first-order valence-corrected chi connectivity index (χ1v) is 5.30. The van der Waals surface area contributed by atoms with Crippen molar-refractivity contribution in [3.8, 4) is 0 Å². The van der Waals surface area contributed by atoms with Crippen molar-refractivity contribution >= 4 is 0 Å². The van der Waals surface area contributed by atoms with Crippen LogP contribution >= 0.6 is 0 Å². The molecule has 1 heterocycles. The lowest BCUT2D eigenvalue weighted by Gasteiger charge is -2.20. The van der Waals surface area contributed by atoms with Gasteiger partial charge >= 0.3 is 0 Å². The zero-order valence-electron chi connectivity index (χ0n) is 8.00. The minimum atomic E-state index is 0.949. The number of H-pyrrole nitrogens is 1. The fraction of sp³-hybridized carbons (Fsp3) is 0.800. The van der Waals surface area contributed by atoms with E-state index in [9.17, 15) is 0 Å². The summed E-state index contributed by atoms with van der Waals surface area (Å²) in [6.45, 7) is 0. The number of nitrogens with one attached hydrogen (secondary N) is 1. The summed E-state index contributed by atoms with van der Waals surface area (Å²) in [5.41, 5.74) is 1.12. The number of hydrogen-bond acceptors (Lipinski definition) is 2. The third-order valence-corrected chi connectivity index (χ3v) is 3.00. The Morgan fingerprint density at radius 1 is 1.31 bits per heavy atom. The summed E-state index contributed by atoms with van der Waals surface area (Å²) in [6, 6.07) is 0. The van der Waals surface area contributed by atoms with E-state index in [4.69, 9.17) is 0 Å². The number of aromatic amines is 1. The number of aromatic nitrogens is 3. The minimum absolute atomic E-state index is 0.949. The standard InChI is InChI=1S/C10H17N3/c1-2-4-9(5-3-1)6-7-10-8-11-13-12-10/h8-9H,1-7H2,(H,11,12,13). The van der Waals surface area contributed by atoms with E-state index in [1.807, 2.05) is 6.20 Å². The van der Waals surface area contributed by atoms with Crippen LogP contribution in [0.4, 0.5) is 0 Å². The van der Waals surface area contributed by atoms with Crippen molar-refractivity contribution in [1.82, 2.24) is 15.4 Å². The van der Waals surface area contributed by atoms with Gasteiger partial charge in [-0.2, -0.15) is 15.4 Å². The van der Waals surface area contributed by atoms with Gasteiger partial charge in [0, 0.05) is 0 Å². The SMILES string of the molecule is c1n[nH]nc1CCC1CCCCC1. The molecule has 1 fully saturated rings. The molecule has 2 rings (SSSR count). The molecule has 1 aromatic heterocycles. The Morgan fingerprint density at radius 2 is 2.15 bits per heavy atom. The average Bonchev–Trinajstić information content (AvgIpc) is 2.69. The van der Waals surface area contributed by atoms with Gasteiger partial charge in [-0.1, -0.05) is 32.1 Å². The smallest absolute Gasteiger partial charge is 0.0824 e. The first kappa shape index (κ1) is 8.73. The molecule has 13 heavy (non-hydrogen) atoms. The van der Waals surface area contributed by atoms with E-state index in [2.05, 4.69) is 15.4 Å². The highest BCUT2D eigenvalue weighted by molar-refractivity contribution is 4.90. The van der Waals surface area contributed by atoms with Gasteiger partial charge in [0.05, 0.1) is 11.9 Å². The van der Waals surface area contributed by atoms with E-state index in [0.717, 1.165) is 18.0 Å². The van der Waals surface area contributed by atoms with Crippen molar-refractivity contribution in [2.24, 2.45) is 5.92 Å². The highest BCUT2D eigenvalue weighted by atomic mass is 15.3. The van der Waals surface area contributed by atoms with E-state index < -0.39 is 0 Å². The molecule has 0 radical (unpaired) electrons. The Balaban J connectivity index is 1.72. The van der Waals surface area contributed by atoms with E-state index in [-0.39, 0.29) is 0 Å². The van der Waals surface area contributed by atoms with Crippen LogP contribution in [-0.2, 0) is 6.42 Å². The predicted molar refractivity (Wildman–Crippen MR) is 51.3 cm³/mol. The van der Waals surface area contributed by atoms with Crippen LogP contribution in [0.2, 0.25) is 0 Å². The Bertz CT molecular complexity index is 224. The second kappa shape index (κ2) is 4.40. The summed E-state index contributed by atoms with van der Waals surface area (Å²) in [4.78, 5) is 0. The Kier molecular flexibility index (Phi) is 2.95. The van der Waals surface area contributed by atoms with E-state index in [1.165, 1.54) is 38.5 Å². The summed E-state index contributed by atoms with van der Waals surface area (Å²) < 4.78 is 0. The van der Waals surface area contributed by atoms with Crippen LogP contribution in [0.1, 0.15) is 44.2 Å². The maximum atomic E-state index is 4.06. The Hall–Kier alpha value is -0.860. The minimum Gasteiger partial charge on any atom is -0.198 e. The number of hydrogen-bond donors (Lipinski definition) is 1. The van der Waals surface area contributed by atoms with Crippen molar-refractivity contribution < 1.29 is 0 Å². The first-order chi connectivity index (χ1) is 6.45. The third-order valence-electron chi connectivity index (χ3n) is 3.00. The van der Waals surface area contributed by atoms with Gasteiger partial charge in [0.2, 0.25) is 0 Å². The predicted octanol–water partition coefficient (Wildman–Crippen LogP) is 2.32. The van der Waals surface area contributed by atoms with Crippen molar-refractivity contribution in [3.05, 3.63) is 11.9 Å². The van der Waals surface area contributed by atoms with Crippen LogP contribution in [0.25, 0.3) is 0 Å². The molecule has 1 aliphatic rings. The quantitative estimate of drug-likeness (QED) is 0.773. The molecule has 0 unspecified atom stereocenters. The zero-order valence-corrected chi connectivity index (χ0v) is 8.00. The van der Waals surface area contributed by atoms with Gasteiger partial charge in [0.1, 0.15) is 0 Å². The summed E-state index contributed by atoms with van der Waals surface area (Å²) in [5.74, 6) is 0.949. The summed E-state index contributed by atoms with van der Waals surface area (Å²) in [6.07, 6.45) is 11.4. The van der Waals surface area contributed by atoms with Crippen LogP contribution < -0.4 is 0 Å². The molecule has 3 heteroatoms. The second-order valence-electron chi connectivity index (χ2n) is 4.00. The van der Waals surface area contributed by atoms with Crippen LogP contribution in [0.3, 0.4) is 0 Å². The maximum absolute atomic E-state index is 4.06. The molecule has 0 saturated heterocycles. The van der Waals surface area contributed by atoms with Gasteiger partial charge in [-0.05, 0) is 18.8 Å². The van der Waals surface area contributed by atoms with Crippen LogP contribution in [0.5, 0.6) is 0 Å². The number of aryl methyl sites for hydroxylation is 1. The molecule has 0 bridgehead atoms. The van der Waals surface area contributed by atoms with E-state index >= 15 is 0 Å². The first-order valence-electron chi connectivity index (χ1n) is 5.30. The van der Waals surface area contributed by atoms with Crippen LogP contribution in [-0.4, -0.2) is 15.4 Å². The van der Waals surface area contributed by atoms with Crippen molar-refractivity contribution in [2.45, 2.75) is 44.9 Å². The van der Waals surface area contributed by atoms with E-state index in [0.29, 0.717) is 0 Å². The lowest BCUT2D eigenvalue weighted by atomic mass is 9.86. The Labute approximate surface area is 78.9 Å². The normalized spacial score (nSPS) is 19.1. The van der Waals surface area contributed by atoms with E-state index in [1.54, 1.807) is 0 Å². The molecule has 0 aromatic carbocycles. The molecule has 1 saturated carbocycles. The number of nitrogens with zero attached hydrogens (tertiary/aromatic N) is 2. The largest absolute Gasteiger partial charge is 0.198 e. The molecule has 72 valence electrons. The molecule has 0 amide bonds. The van der Waals surface area contributed by atoms with Crippen molar-refractivity contribution in [3.63, 3.8) is 0 Å². The van der Waals surface area contributed by atoms with Crippen molar-refractivity contribution in [1.29, 1.82) is 0 Å². The van der Waals surface area contributed by atoms with Gasteiger partial charge in [-0.25, -0.2) is 0 Å². The lowest BCUT2D eigenvalue weighted by Crippen LogP contribution is -2.07. The molecular formula is C10H17N3. The molecule has 0 aliphatic heterocycles. The lowest BCUT2D eigenvalue weighted by molar-refractivity contribution is 0.338. The van der Waals surface area contributed by atoms with Gasteiger partial charge in [0.25, 0.3) is 0 Å². The average molecular weight is 179 g/mol. The molecule has 1 aliphatic carbocycles.